The van der Waals surface area contributed by atoms with Crippen LogP contribution < -0.4 is 5.32 Å². The molecule has 3 heteroatoms. The number of benzene rings is 1. The quantitative estimate of drug-likeness (QED) is 0.787. The van der Waals surface area contributed by atoms with E-state index in [0.29, 0.717) is 0 Å². The number of carbonyl (C=O) groups is 1. The number of hydrogen-bond acceptors (Lipinski definition) is 3. The van der Waals surface area contributed by atoms with Gasteiger partial charge in [-0.25, -0.2) is 0 Å². The summed E-state index contributed by atoms with van der Waals surface area (Å²) in [4.78, 5) is 11.5. The molecule has 3 nitrogen and oxygen atoms in total. The van der Waals surface area contributed by atoms with E-state index < -0.39 is 0 Å². The predicted octanol–water partition coefficient (Wildman–Crippen LogP) is 2.47. The van der Waals surface area contributed by atoms with Crippen LogP contribution in [0.25, 0.3) is 0 Å². The number of nitrogens with one attached hydrogen (secondary N) is 1. The summed E-state index contributed by atoms with van der Waals surface area (Å²) in [5.74, 6) is -0.186. The van der Waals surface area contributed by atoms with Crippen LogP contribution in [-0.4, -0.2) is 25.2 Å². The van der Waals surface area contributed by atoms with Gasteiger partial charge in [-0.3, -0.25) is 4.79 Å². The number of rotatable bonds is 6. The largest absolute Gasteiger partial charge is 0.468 e. The molecule has 100 valence electrons. The fourth-order valence-corrected chi connectivity index (χ4v) is 2.07. The zero-order valence-electron chi connectivity index (χ0n) is 11.7. The minimum Gasteiger partial charge on any atom is -0.468 e. The van der Waals surface area contributed by atoms with E-state index in [1.54, 1.807) is 0 Å². The number of aryl methyl sites for hydroxylation is 1. The van der Waals surface area contributed by atoms with Gasteiger partial charge < -0.3 is 10.1 Å². The number of ether oxygens (including phenoxy) is 1. The normalized spacial score (nSPS) is 14.0. The van der Waals surface area contributed by atoms with Crippen molar-refractivity contribution in [2.75, 3.05) is 7.11 Å². The summed E-state index contributed by atoms with van der Waals surface area (Å²) < 4.78 is 4.78. The van der Waals surface area contributed by atoms with Crippen molar-refractivity contribution in [1.82, 2.24) is 5.32 Å². The van der Waals surface area contributed by atoms with Crippen molar-refractivity contribution in [2.45, 2.75) is 45.7 Å². The maximum Gasteiger partial charge on any atom is 0.322 e. The summed E-state index contributed by atoms with van der Waals surface area (Å²) in [6.07, 6.45) is 1.66. The molecule has 1 aromatic carbocycles. The molecule has 18 heavy (non-hydrogen) atoms. The third-order valence-electron chi connectivity index (χ3n) is 3.17. The monoisotopic (exact) mass is 249 g/mol. The molecule has 0 aromatic heterocycles. The van der Waals surface area contributed by atoms with E-state index in [-0.39, 0.29) is 18.1 Å². The smallest absolute Gasteiger partial charge is 0.322 e. The Balaban J connectivity index is 2.58. The van der Waals surface area contributed by atoms with Gasteiger partial charge in [-0.2, -0.15) is 0 Å². The Kier molecular flexibility index (Phi) is 5.86. The number of esters is 1. The molecule has 0 fully saturated rings. The van der Waals surface area contributed by atoms with Crippen LogP contribution in [0.2, 0.25) is 0 Å². The first-order valence-corrected chi connectivity index (χ1v) is 6.46. The fourth-order valence-electron chi connectivity index (χ4n) is 2.07. The molecule has 0 spiro atoms. The Morgan fingerprint density at radius 3 is 2.61 bits per heavy atom. The lowest BCUT2D eigenvalue weighted by atomic mass is 10.0. The van der Waals surface area contributed by atoms with Crippen LogP contribution in [-0.2, 0) is 16.0 Å². The van der Waals surface area contributed by atoms with E-state index in [1.165, 1.54) is 18.2 Å². The highest BCUT2D eigenvalue weighted by atomic mass is 16.5. The Bertz CT molecular complexity index is 390. The molecule has 0 amide bonds. The molecule has 1 aromatic rings. The van der Waals surface area contributed by atoms with Gasteiger partial charge >= 0.3 is 5.97 Å². The van der Waals surface area contributed by atoms with Crippen LogP contribution in [0.1, 0.15) is 31.4 Å². The van der Waals surface area contributed by atoms with Crippen molar-refractivity contribution in [3.63, 3.8) is 0 Å². The highest BCUT2D eigenvalue weighted by Gasteiger charge is 2.19. The van der Waals surface area contributed by atoms with Gasteiger partial charge in [-0.15, -0.1) is 0 Å². The first-order chi connectivity index (χ1) is 8.58. The average molecular weight is 249 g/mol. The van der Waals surface area contributed by atoms with Crippen LogP contribution >= 0.6 is 0 Å². The van der Waals surface area contributed by atoms with Gasteiger partial charge in [-0.05, 0) is 37.8 Å². The second kappa shape index (κ2) is 7.17. The Hall–Kier alpha value is -1.35. The fraction of sp³-hybridized carbons (Fsp3) is 0.533. The molecular weight excluding hydrogens is 226 g/mol. The second-order valence-corrected chi connectivity index (χ2v) is 4.68. The molecule has 0 heterocycles. The summed E-state index contributed by atoms with van der Waals surface area (Å²) in [6, 6.07) is 8.36. The van der Waals surface area contributed by atoms with Crippen LogP contribution in [0.15, 0.2) is 24.3 Å². The van der Waals surface area contributed by atoms with Crippen molar-refractivity contribution in [2.24, 2.45) is 0 Å². The Morgan fingerprint density at radius 1 is 1.39 bits per heavy atom. The molecule has 0 bridgehead atoms. The lowest BCUT2D eigenvalue weighted by Gasteiger charge is -2.21. The zero-order valence-corrected chi connectivity index (χ0v) is 11.7. The summed E-state index contributed by atoms with van der Waals surface area (Å²) in [5.41, 5.74) is 2.61. The Morgan fingerprint density at radius 2 is 2.06 bits per heavy atom. The molecule has 2 atom stereocenters. The third-order valence-corrected chi connectivity index (χ3v) is 3.17. The molecule has 0 radical (unpaired) electrons. The summed E-state index contributed by atoms with van der Waals surface area (Å²) >= 11 is 0. The molecule has 2 unspecified atom stereocenters. The third kappa shape index (κ3) is 4.15. The maximum atomic E-state index is 11.5. The van der Waals surface area contributed by atoms with E-state index >= 15 is 0 Å². The average Bonchev–Trinajstić information content (AvgIpc) is 2.37. The van der Waals surface area contributed by atoms with Crippen LogP contribution in [0, 0.1) is 6.92 Å². The number of hydrogen-bond donors (Lipinski definition) is 1. The second-order valence-electron chi connectivity index (χ2n) is 4.68. The van der Waals surface area contributed by atoms with Gasteiger partial charge in [0.25, 0.3) is 0 Å². The predicted molar refractivity (Wildman–Crippen MR) is 73.6 cm³/mol. The van der Waals surface area contributed by atoms with Crippen molar-refractivity contribution < 1.29 is 9.53 Å². The maximum absolute atomic E-state index is 11.5. The molecule has 0 aliphatic heterocycles. The highest BCUT2D eigenvalue weighted by Crippen LogP contribution is 2.10. The van der Waals surface area contributed by atoms with Gasteiger partial charge in [0.2, 0.25) is 0 Å². The molecule has 1 N–H and O–H groups in total. The molecule has 0 saturated carbocycles. The van der Waals surface area contributed by atoms with E-state index in [1.807, 2.05) is 19.1 Å². The van der Waals surface area contributed by atoms with Crippen molar-refractivity contribution in [1.29, 1.82) is 0 Å². The van der Waals surface area contributed by atoms with Gasteiger partial charge in [0.1, 0.15) is 6.04 Å². The lowest BCUT2D eigenvalue weighted by molar-refractivity contribution is -0.143. The Labute approximate surface area is 110 Å². The zero-order chi connectivity index (χ0) is 13.5. The van der Waals surface area contributed by atoms with Gasteiger partial charge in [0.15, 0.2) is 0 Å². The molecule has 1 rings (SSSR count). The molecule has 0 saturated heterocycles. The highest BCUT2D eigenvalue weighted by molar-refractivity contribution is 5.75. The van der Waals surface area contributed by atoms with Crippen LogP contribution in [0.5, 0.6) is 0 Å². The molecule has 0 aliphatic rings. The first kappa shape index (κ1) is 14.7. The van der Waals surface area contributed by atoms with E-state index in [2.05, 4.69) is 31.3 Å². The first-order valence-electron chi connectivity index (χ1n) is 6.46. The summed E-state index contributed by atoms with van der Waals surface area (Å²) in [7, 11) is 1.43. The van der Waals surface area contributed by atoms with Crippen molar-refractivity contribution >= 4 is 5.97 Å². The van der Waals surface area contributed by atoms with E-state index in [4.69, 9.17) is 4.74 Å². The van der Waals surface area contributed by atoms with Crippen molar-refractivity contribution in [3.8, 4) is 0 Å². The van der Waals surface area contributed by atoms with Gasteiger partial charge in [-0.1, -0.05) is 31.2 Å². The lowest BCUT2D eigenvalue weighted by Crippen LogP contribution is -2.43. The SMILES string of the molecule is CCC(NC(C)Cc1ccccc1C)C(=O)OC. The van der Waals surface area contributed by atoms with Gasteiger partial charge in [0.05, 0.1) is 7.11 Å². The number of methoxy groups -OCH3 is 1. The molecule has 0 aliphatic carbocycles. The molecular formula is C15H23NO2. The topological polar surface area (TPSA) is 38.3 Å². The standard InChI is InChI=1S/C15H23NO2/c1-5-14(15(17)18-4)16-12(3)10-13-9-7-6-8-11(13)2/h6-9,12,14,16H,5,10H2,1-4H3. The van der Waals surface area contributed by atoms with Crippen LogP contribution in [0.3, 0.4) is 0 Å². The van der Waals surface area contributed by atoms with E-state index in [9.17, 15) is 4.79 Å². The van der Waals surface area contributed by atoms with Crippen LogP contribution in [0.4, 0.5) is 0 Å². The number of carbonyl (C=O) groups excluding carboxylic acids is 1. The minimum atomic E-state index is -0.214. The summed E-state index contributed by atoms with van der Waals surface area (Å²) in [6.45, 7) is 6.19. The summed E-state index contributed by atoms with van der Waals surface area (Å²) in [5, 5.41) is 3.32. The van der Waals surface area contributed by atoms with Crippen molar-refractivity contribution in [3.05, 3.63) is 35.4 Å². The van der Waals surface area contributed by atoms with E-state index in [0.717, 1.165) is 12.8 Å². The van der Waals surface area contributed by atoms with Gasteiger partial charge in [0, 0.05) is 6.04 Å². The minimum absolute atomic E-state index is 0.186.